The van der Waals surface area contributed by atoms with Gasteiger partial charge in [-0.2, -0.15) is 0 Å². The fraction of sp³-hybridized carbons (Fsp3) is 0.176. The van der Waals surface area contributed by atoms with Crippen molar-refractivity contribution < 1.29 is 9.47 Å². The highest BCUT2D eigenvalue weighted by Gasteiger charge is 2.08. The van der Waals surface area contributed by atoms with E-state index in [9.17, 15) is 0 Å². The number of methoxy groups -OCH3 is 1. The lowest BCUT2D eigenvalue weighted by atomic mass is 10.2. The van der Waals surface area contributed by atoms with Crippen LogP contribution in [0.1, 0.15) is 5.69 Å². The lowest BCUT2D eigenvalue weighted by Crippen LogP contribution is -2.02. The van der Waals surface area contributed by atoms with Crippen molar-refractivity contribution in [2.24, 2.45) is 7.05 Å². The molecule has 3 rings (SSSR count). The highest BCUT2D eigenvalue weighted by atomic mass is 16.5. The molecule has 0 aliphatic carbocycles. The van der Waals surface area contributed by atoms with Gasteiger partial charge in [0.2, 0.25) is 0 Å². The number of nitrogen functional groups attached to an aromatic ring is 1. The van der Waals surface area contributed by atoms with Gasteiger partial charge in [-0.1, -0.05) is 18.2 Å². The minimum Gasteiger partial charge on any atom is -0.493 e. The maximum Gasteiger partial charge on any atom is 0.161 e. The van der Waals surface area contributed by atoms with Crippen LogP contribution < -0.4 is 15.2 Å². The van der Waals surface area contributed by atoms with E-state index in [-0.39, 0.29) is 0 Å². The Labute approximate surface area is 123 Å². The number of hydrogen-bond donors (Lipinski definition) is 1. The average Bonchev–Trinajstić information content (AvgIpc) is 2.82. The number of rotatable bonds is 4. The summed E-state index contributed by atoms with van der Waals surface area (Å²) in [6.07, 6.45) is 0. The van der Waals surface area contributed by atoms with Crippen molar-refractivity contribution in [1.29, 1.82) is 0 Å². The first kappa shape index (κ1) is 13.4. The highest BCUT2D eigenvalue weighted by Crippen LogP contribution is 2.28. The number of ether oxygens (including phenoxy) is 2. The van der Waals surface area contributed by atoms with Gasteiger partial charge in [-0.25, -0.2) is 0 Å². The number of hydrogen-bond acceptors (Lipinski definition) is 3. The molecule has 0 radical (unpaired) electrons. The van der Waals surface area contributed by atoms with E-state index in [1.54, 1.807) is 7.11 Å². The van der Waals surface area contributed by atoms with Crippen molar-refractivity contribution in [3.63, 3.8) is 0 Å². The molecule has 1 aromatic heterocycles. The Kier molecular flexibility index (Phi) is 3.44. The fourth-order valence-corrected chi connectivity index (χ4v) is 2.43. The molecule has 1 heterocycles. The van der Waals surface area contributed by atoms with Gasteiger partial charge in [0.25, 0.3) is 0 Å². The van der Waals surface area contributed by atoms with Crippen molar-refractivity contribution in [1.82, 2.24) is 4.57 Å². The van der Waals surface area contributed by atoms with Crippen LogP contribution in [0.25, 0.3) is 10.9 Å². The largest absolute Gasteiger partial charge is 0.493 e. The molecule has 3 aromatic rings. The van der Waals surface area contributed by atoms with Gasteiger partial charge < -0.3 is 19.8 Å². The van der Waals surface area contributed by atoms with Gasteiger partial charge in [-0.15, -0.1) is 0 Å². The van der Waals surface area contributed by atoms with Gasteiger partial charge in [-0.05, 0) is 30.3 Å². The lowest BCUT2D eigenvalue weighted by Gasteiger charge is -2.11. The van der Waals surface area contributed by atoms with Crippen molar-refractivity contribution in [2.75, 3.05) is 12.8 Å². The second kappa shape index (κ2) is 5.40. The topological polar surface area (TPSA) is 49.4 Å². The molecular formula is C17H18N2O2. The lowest BCUT2D eigenvalue weighted by molar-refractivity contribution is 0.278. The highest BCUT2D eigenvalue weighted by molar-refractivity contribution is 5.84. The number of anilines is 1. The Balaban J connectivity index is 1.87. The summed E-state index contributed by atoms with van der Waals surface area (Å²) in [5.41, 5.74) is 8.80. The van der Waals surface area contributed by atoms with Crippen LogP contribution in [0.2, 0.25) is 0 Å². The Bertz CT molecular complexity index is 778. The SMILES string of the molecule is COc1ccccc1OCc1cc2ccc(N)cc2n1C. The van der Waals surface area contributed by atoms with E-state index in [1.807, 2.05) is 49.5 Å². The molecule has 21 heavy (non-hydrogen) atoms. The zero-order valence-electron chi connectivity index (χ0n) is 12.2. The normalized spacial score (nSPS) is 10.8. The summed E-state index contributed by atoms with van der Waals surface area (Å²) < 4.78 is 13.3. The number of nitrogens with zero attached hydrogens (tertiary/aromatic N) is 1. The molecule has 4 heteroatoms. The molecule has 0 aliphatic heterocycles. The predicted octanol–water partition coefficient (Wildman–Crippen LogP) is 3.35. The zero-order chi connectivity index (χ0) is 14.8. The van der Waals surface area contributed by atoms with Crippen LogP contribution in [0.3, 0.4) is 0 Å². The van der Waals surface area contributed by atoms with Crippen LogP contribution in [0.15, 0.2) is 48.5 Å². The molecule has 0 spiro atoms. The second-order valence-corrected chi connectivity index (χ2v) is 4.95. The molecule has 0 bridgehead atoms. The zero-order valence-corrected chi connectivity index (χ0v) is 12.2. The third-order valence-corrected chi connectivity index (χ3v) is 3.61. The third-order valence-electron chi connectivity index (χ3n) is 3.61. The Morgan fingerprint density at radius 3 is 2.57 bits per heavy atom. The number of nitrogens with two attached hydrogens (primary N) is 1. The maximum atomic E-state index is 5.88. The Morgan fingerprint density at radius 1 is 1.05 bits per heavy atom. The van der Waals surface area contributed by atoms with Crippen molar-refractivity contribution >= 4 is 16.6 Å². The number of para-hydroxylation sites is 2. The molecule has 2 N–H and O–H groups in total. The Hall–Kier alpha value is -2.62. The van der Waals surface area contributed by atoms with Crippen LogP contribution in [-0.4, -0.2) is 11.7 Å². The average molecular weight is 282 g/mol. The van der Waals surface area contributed by atoms with Gasteiger partial charge >= 0.3 is 0 Å². The molecule has 0 amide bonds. The van der Waals surface area contributed by atoms with E-state index in [0.29, 0.717) is 6.61 Å². The van der Waals surface area contributed by atoms with Crippen LogP contribution in [0, 0.1) is 0 Å². The van der Waals surface area contributed by atoms with E-state index in [4.69, 9.17) is 15.2 Å². The van der Waals surface area contributed by atoms with Crippen LogP contribution in [-0.2, 0) is 13.7 Å². The summed E-state index contributed by atoms with van der Waals surface area (Å²) in [6, 6.07) is 15.7. The van der Waals surface area contributed by atoms with Gasteiger partial charge in [0.1, 0.15) is 6.61 Å². The third kappa shape index (κ3) is 2.52. The molecule has 108 valence electrons. The number of fused-ring (bicyclic) bond motifs is 1. The molecule has 0 atom stereocenters. The van der Waals surface area contributed by atoms with Gasteiger partial charge in [0.05, 0.1) is 18.3 Å². The summed E-state index contributed by atoms with van der Waals surface area (Å²) >= 11 is 0. The second-order valence-electron chi connectivity index (χ2n) is 4.95. The summed E-state index contributed by atoms with van der Waals surface area (Å²) in [4.78, 5) is 0. The first-order valence-corrected chi connectivity index (χ1v) is 6.78. The summed E-state index contributed by atoms with van der Waals surface area (Å²) in [6.45, 7) is 0.478. The van der Waals surface area contributed by atoms with Gasteiger partial charge in [0, 0.05) is 18.1 Å². The molecule has 0 unspecified atom stereocenters. The molecule has 0 saturated heterocycles. The monoisotopic (exact) mass is 282 g/mol. The molecule has 2 aromatic carbocycles. The molecule has 0 aliphatic rings. The van der Waals surface area contributed by atoms with E-state index >= 15 is 0 Å². The minimum absolute atomic E-state index is 0.478. The predicted molar refractivity (Wildman–Crippen MR) is 84.7 cm³/mol. The van der Waals surface area contributed by atoms with Crippen molar-refractivity contribution in [2.45, 2.75) is 6.61 Å². The van der Waals surface area contributed by atoms with Gasteiger partial charge in [0.15, 0.2) is 11.5 Å². The van der Waals surface area contributed by atoms with Crippen molar-refractivity contribution in [3.8, 4) is 11.5 Å². The number of aryl methyl sites for hydroxylation is 1. The minimum atomic E-state index is 0.478. The van der Waals surface area contributed by atoms with Crippen LogP contribution in [0.4, 0.5) is 5.69 Å². The van der Waals surface area contributed by atoms with Gasteiger partial charge in [-0.3, -0.25) is 0 Å². The van der Waals surface area contributed by atoms with E-state index in [2.05, 4.69) is 10.6 Å². The number of aromatic nitrogens is 1. The van der Waals surface area contributed by atoms with Crippen molar-refractivity contribution in [3.05, 3.63) is 54.2 Å². The standard InChI is InChI=1S/C17H18N2O2/c1-19-14(9-12-7-8-13(18)10-15(12)19)11-21-17-6-4-3-5-16(17)20-2/h3-10H,11,18H2,1-2H3. The molecule has 0 saturated carbocycles. The number of benzene rings is 2. The smallest absolute Gasteiger partial charge is 0.161 e. The molecule has 0 fully saturated rings. The molecular weight excluding hydrogens is 264 g/mol. The van der Waals surface area contributed by atoms with Crippen LogP contribution in [0.5, 0.6) is 11.5 Å². The summed E-state index contributed by atoms with van der Waals surface area (Å²) in [5, 5.41) is 1.16. The maximum absolute atomic E-state index is 5.88. The molecule has 4 nitrogen and oxygen atoms in total. The first-order valence-electron chi connectivity index (χ1n) is 6.78. The quantitative estimate of drug-likeness (QED) is 0.747. The Morgan fingerprint density at radius 2 is 1.81 bits per heavy atom. The van der Waals surface area contributed by atoms with Crippen LogP contribution >= 0.6 is 0 Å². The first-order chi connectivity index (χ1) is 10.2. The van der Waals surface area contributed by atoms with E-state index in [1.165, 1.54) is 0 Å². The summed E-state index contributed by atoms with van der Waals surface area (Å²) in [5.74, 6) is 1.48. The van der Waals surface area contributed by atoms with E-state index < -0.39 is 0 Å². The fourth-order valence-electron chi connectivity index (χ4n) is 2.43. The summed E-state index contributed by atoms with van der Waals surface area (Å²) in [7, 11) is 3.66. The van der Waals surface area contributed by atoms with E-state index in [0.717, 1.165) is 33.8 Å².